The Bertz CT molecular complexity index is 964. The molecule has 1 fully saturated rings. The third-order valence-electron chi connectivity index (χ3n) is 5.70. The summed E-state index contributed by atoms with van der Waals surface area (Å²) in [5.41, 5.74) is -1.83. The topological polar surface area (TPSA) is 104 Å². The number of hydrogen-bond donors (Lipinski definition) is 0. The van der Waals surface area contributed by atoms with Crippen LogP contribution < -0.4 is 0 Å². The standard InChI is InChI=1S/C21H17NO6/c1-2-13-16(12-8-4-3-5-9-12)17(22(26)27)21(28-20(13)25)18(23)14-10-6-7-11-15(14)19(21)24/h3-11,13,16-17H,2H2,1H3/t13-,16-,17+/m1/s1. The lowest BCUT2D eigenvalue weighted by Gasteiger charge is -2.41. The Labute approximate surface area is 160 Å². The second-order valence-corrected chi connectivity index (χ2v) is 7.04. The summed E-state index contributed by atoms with van der Waals surface area (Å²) in [5, 5.41) is 12.2. The highest BCUT2D eigenvalue weighted by atomic mass is 16.6. The summed E-state index contributed by atoms with van der Waals surface area (Å²) in [4.78, 5) is 50.8. The van der Waals surface area contributed by atoms with E-state index in [2.05, 4.69) is 0 Å². The maximum absolute atomic E-state index is 13.2. The molecule has 28 heavy (non-hydrogen) atoms. The summed E-state index contributed by atoms with van der Waals surface area (Å²) >= 11 is 0. The van der Waals surface area contributed by atoms with E-state index in [0.717, 1.165) is 0 Å². The van der Waals surface area contributed by atoms with Crippen LogP contribution in [0.5, 0.6) is 0 Å². The molecule has 1 aliphatic heterocycles. The van der Waals surface area contributed by atoms with Crippen LogP contribution in [0.3, 0.4) is 0 Å². The molecule has 1 spiro atoms. The van der Waals surface area contributed by atoms with Gasteiger partial charge in [0.05, 0.1) is 11.8 Å². The molecule has 0 unspecified atom stereocenters. The van der Waals surface area contributed by atoms with Crippen molar-refractivity contribution in [2.75, 3.05) is 0 Å². The quantitative estimate of drug-likeness (QED) is 0.352. The van der Waals surface area contributed by atoms with Gasteiger partial charge in [-0.3, -0.25) is 24.5 Å². The summed E-state index contributed by atoms with van der Waals surface area (Å²) in [5.74, 6) is -4.18. The SMILES string of the molecule is CC[C@H]1C(=O)OC2(C(=O)c3ccccc3C2=O)[C@@H]([N+](=O)[O-])[C@@H]1c1ccccc1. The molecule has 1 saturated heterocycles. The van der Waals surface area contributed by atoms with Crippen molar-refractivity contribution in [3.63, 3.8) is 0 Å². The first-order valence-electron chi connectivity index (χ1n) is 9.03. The smallest absolute Gasteiger partial charge is 0.311 e. The number of benzene rings is 2. The highest BCUT2D eigenvalue weighted by molar-refractivity contribution is 6.33. The summed E-state index contributed by atoms with van der Waals surface area (Å²) in [6.07, 6.45) is 0.286. The second-order valence-electron chi connectivity index (χ2n) is 7.04. The number of carbonyl (C=O) groups excluding carboxylic acids is 3. The Kier molecular flexibility index (Phi) is 4.10. The third-order valence-corrected chi connectivity index (χ3v) is 5.70. The van der Waals surface area contributed by atoms with E-state index in [9.17, 15) is 24.5 Å². The van der Waals surface area contributed by atoms with Crippen LogP contribution in [0.25, 0.3) is 0 Å². The van der Waals surface area contributed by atoms with Crippen molar-refractivity contribution in [3.8, 4) is 0 Å². The summed E-state index contributed by atoms with van der Waals surface area (Å²) < 4.78 is 5.39. The maximum atomic E-state index is 13.2. The van der Waals surface area contributed by atoms with E-state index in [1.54, 1.807) is 49.4 Å². The zero-order chi connectivity index (χ0) is 20.1. The lowest BCUT2D eigenvalue weighted by Crippen LogP contribution is -2.65. The zero-order valence-electron chi connectivity index (χ0n) is 15.0. The molecule has 7 heteroatoms. The number of esters is 1. The van der Waals surface area contributed by atoms with Gasteiger partial charge in [0.15, 0.2) is 0 Å². The molecule has 4 rings (SSSR count). The van der Waals surface area contributed by atoms with Crippen molar-refractivity contribution in [1.29, 1.82) is 0 Å². The fourth-order valence-corrected chi connectivity index (χ4v) is 4.45. The molecule has 0 N–H and O–H groups in total. The van der Waals surface area contributed by atoms with Crippen LogP contribution in [-0.2, 0) is 9.53 Å². The molecule has 2 aromatic rings. The Morgan fingerprint density at radius 2 is 1.50 bits per heavy atom. The van der Waals surface area contributed by atoms with Crippen LogP contribution in [0.2, 0.25) is 0 Å². The van der Waals surface area contributed by atoms with Crippen LogP contribution in [0.4, 0.5) is 0 Å². The number of rotatable bonds is 3. The van der Waals surface area contributed by atoms with Crippen LogP contribution in [0.15, 0.2) is 54.6 Å². The van der Waals surface area contributed by atoms with Gasteiger partial charge < -0.3 is 4.74 Å². The van der Waals surface area contributed by atoms with E-state index in [1.807, 2.05) is 0 Å². The van der Waals surface area contributed by atoms with Crippen LogP contribution in [-0.4, -0.2) is 34.1 Å². The molecule has 0 bridgehead atoms. The Hall–Kier alpha value is -3.35. The van der Waals surface area contributed by atoms with E-state index in [1.165, 1.54) is 12.1 Å². The molecular weight excluding hydrogens is 362 g/mol. The normalized spacial score (nSPS) is 25.5. The number of carbonyl (C=O) groups is 3. The van der Waals surface area contributed by atoms with Gasteiger partial charge in [-0.05, 0) is 12.0 Å². The number of ketones is 2. The van der Waals surface area contributed by atoms with Crippen molar-refractivity contribution in [3.05, 3.63) is 81.4 Å². The molecule has 142 valence electrons. The Morgan fingerprint density at radius 1 is 0.964 bits per heavy atom. The predicted octanol–water partition coefficient (Wildman–Crippen LogP) is 2.82. The van der Waals surface area contributed by atoms with Gasteiger partial charge in [0.2, 0.25) is 11.6 Å². The second kappa shape index (κ2) is 6.37. The molecule has 0 radical (unpaired) electrons. The van der Waals surface area contributed by atoms with Crippen molar-refractivity contribution >= 4 is 17.5 Å². The monoisotopic (exact) mass is 379 g/mol. The first-order valence-corrected chi connectivity index (χ1v) is 9.03. The van der Waals surface area contributed by atoms with Gasteiger partial charge in [0, 0.05) is 16.1 Å². The highest BCUT2D eigenvalue weighted by Gasteiger charge is 2.72. The number of hydrogen-bond acceptors (Lipinski definition) is 6. The number of nitro groups is 1. The molecule has 3 atom stereocenters. The van der Waals surface area contributed by atoms with Crippen molar-refractivity contribution in [2.45, 2.75) is 30.9 Å². The highest BCUT2D eigenvalue weighted by Crippen LogP contribution is 2.48. The fraction of sp³-hybridized carbons (Fsp3) is 0.286. The average molecular weight is 379 g/mol. The molecule has 2 aromatic carbocycles. The van der Waals surface area contributed by atoms with E-state index in [4.69, 9.17) is 4.74 Å². The maximum Gasteiger partial charge on any atom is 0.311 e. The molecule has 0 amide bonds. The Balaban J connectivity index is 1.96. The number of fused-ring (bicyclic) bond motifs is 1. The molecule has 1 heterocycles. The molecule has 2 aliphatic rings. The average Bonchev–Trinajstić information content (AvgIpc) is 2.90. The number of ether oxygens (including phenoxy) is 1. The van der Waals surface area contributed by atoms with Gasteiger partial charge >= 0.3 is 11.6 Å². The molecule has 0 aromatic heterocycles. The third kappa shape index (κ3) is 2.25. The predicted molar refractivity (Wildman–Crippen MR) is 97.7 cm³/mol. The van der Waals surface area contributed by atoms with E-state index >= 15 is 0 Å². The van der Waals surface area contributed by atoms with Gasteiger partial charge in [-0.1, -0.05) is 61.5 Å². The zero-order valence-corrected chi connectivity index (χ0v) is 15.0. The van der Waals surface area contributed by atoms with Crippen molar-refractivity contribution in [1.82, 2.24) is 0 Å². The van der Waals surface area contributed by atoms with Gasteiger partial charge in [-0.15, -0.1) is 0 Å². The fourth-order valence-electron chi connectivity index (χ4n) is 4.45. The lowest BCUT2D eigenvalue weighted by atomic mass is 9.69. The van der Waals surface area contributed by atoms with Gasteiger partial charge in [0.25, 0.3) is 6.04 Å². The van der Waals surface area contributed by atoms with Crippen molar-refractivity contribution < 1.29 is 24.0 Å². The van der Waals surface area contributed by atoms with E-state index < -0.39 is 45.9 Å². The summed E-state index contributed by atoms with van der Waals surface area (Å²) in [6.45, 7) is 1.73. The Morgan fingerprint density at radius 3 is 2.00 bits per heavy atom. The first-order chi connectivity index (χ1) is 13.4. The molecule has 1 aliphatic carbocycles. The van der Waals surface area contributed by atoms with Gasteiger partial charge in [-0.2, -0.15) is 0 Å². The minimum atomic E-state index is -2.46. The summed E-state index contributed by atoms with van der Waals surface area (Å²) in [6, 6.07) is 12.8. The minimum Gasteiger partial charge on any atom is -0.434 e. The number of Topliss-reactive ketones (excluding diaryl/α,β-unsaturated/α-hetero) is 2. The van der Waals surface area contributed by atoms with E-state index in [0.29, 0.717) is 5.56 Å². The largest absolute Gasteiger partial charge is 0.434 e. The van der Waals surface area contributed by atoms with Crippen molar-refractivity contribution in [2.24, 2.45) is 5.92 Å². The molecule has 0 saturated carbocycles. The van der Waals surface area contributed by atoms with E-state index in [-0.39, 0.29) is 17.5 Å². The van der Waals surface area contributed by atoms with Crippen LogP contribution in [0.1, 0.15) is 45.5 Å². The van der Waals surface area contributed by atoms with Gasteiger partial charge in [-0.25, -0.2) is 0 Å². The van der Waals surface area contributed by atoms with Gasteiger partial charge in [0.1, 0.15) is 0 Å². The molecule has 7 nitrogen and oxygen atoms in total. The lowest BCUT2D eigenvalue weighted by molar-refractivity contribution is -0.544. The van der Waals surface area contributed by atoms with Crippen LogP contribution in [0, 0.1) is 16.0 Å². The minimum absolute atomic E-state index is 0.0499. The molecular formula is C21H17NO6. The summed E-state index contributed by atoms with van der Waals surface area (Å²) in [7, 11) is 0. The number of nitrogens with zero attached hydrogens (tertiary/aromatic N) is 1. The first kappa shape index (κ1) is 18.0. The van der Waals surface area contributed by atoms with Crippen LogP contribution >= 0.6 is 0 Å².